The standard InChI is InChI=1S/C22H26N2/c1-16-9-10-20-19(15-16)22-17(2)23(3)13-12-21(22)24(20)14-11-18-7-5-4-6-8-18/h4-10,15,17H,11-14H2,1-3H3/t17-/m0/s1. The molecule has 3 aromatic rings. The van der Waals surface area contributed by atoms with Crippen LogP contribution in [0.25, 0.3) is 10.9 Å². The molecule has 2 heteroatoms. The van der Waals surface area contributed by atoms with Gasteiger partial charge in [0.2, 0.25) is 0 Å². The van der Waals surface area contributed by atoms with Gasteiger partial charge in [-0.1, -0.05) is 42.0 Å². The van der Waals surface area contributed by atoms with Gasteiger partial charge in [0, 0.05) is 42.1 Å². The minimum Gasteiger partial charge on any atom is -0.344 e. The van der Waals surface area contributed by atoms with Gasteiger partial charge in [0.25, 0.3) is 0 Å². The van der Waals surface area contributed by atoms with Crippen molar-refractivity contribution in [3.63, 3.8) is 0 Å². The van der Waals surface area contributed by atoms with Gasteiger partial charge in [0.05, 0.1) is 0 Å². The van der Waals surface area contributed by atoms with Crippen molar-refractivity contribution in [3.05, 3.63) is 70.9 Å². The molecule has 0 radical (unpaired) electrons. The van der Waals surface area contributed by atoms with E-state index in [9.17, 15) is 0 Å². The maximum atomic E-state index is 2.58. The van der Waals surface area contributed by atoms with Crippen molar-refractivity contribution in [2.45, 2.75) is 39.3 Å². The van der Waals surface area contributed by atoms with Gasteiger partial charge < -0.3 is 4.57 Å². The highest BCUT2D eigenvalue weighted by Gasteiger charge is 2.27. The molecule has 1 aromatic heterocycles. The molecule has 2 nitrogen and oxygen atoms in total. The van der Waals surface area contributed by atoms with Crippen molar-refractivity contribution in [3.8, 4) is 0 Å². The van der Waals surface area contributed by atoms with E-state index in [1.54, 1.807) is 11.3 Å². The quantitative estimate of drug-likeness (QED) is 0.677. The van der Waals surface area contributed by atoms with Gasteiger partial charge in [-0.05, 0) is 50.6 Å². The van der Waals surface area contributed by atoms with E-state index in [4.69, 9.17) is 0 Å². The molecular weight excluding hydrogens is 292 g/mol. The first-order chi connectivity index (χ1) is 11.6. The van der Waals surface area contributed by atoms with E-state index >= 15 is 0 Å². The predicted molar refractivity (Wildman–Crippen MR) is 102 cm³/mol. The average Bonchev–Trinajstić information content (AvgIpc) is 2.90. The van der Waals surface area contributed by atoms with E-state index in [0.717, 1.165) is 25.9 Å². The SMILES string of the molecule is Cc1ccc2c(c1)c1c(n2CCc2ccccc2)CCN(C)[C@H]1C. The molecule has 0 aliphatic carbocycles. The zero-order valence-corrected chi connectivity index (χ0v) is 14.9. The van der Waals surface area contributed by atoms with E-state index in [2.05, 4.69) is 78.9 Å². The lowest BCUT2D eigenvalue weighted by molar-refractivity contribution is 0.245. The van der Waals surface area contributed by atoms with Crippen LogP contribution in [0, 0.1) is 6.92 Å². The Hall–Kier alpha value is -2.06. The predicted octanol–water partition coefficient (Wildman–Crippen LogP) is 4.74. The number of aryl methyl sites for hydroxylation is 3. The first-order valence-electron chi connectivity index (χ1n) is 9.01. The summed E-state index contributed by atoms with van der Waals surface area (Å²) in [6.45, 7) is 6.76. The van der Waals surface area contributed by atoms with Crippen LogP contribution in [0.4, 0.5) is 0 Å². The Balaban J connectivity index is 1.80. The number of benzene rings is 2. The molecule has 0 saturated heterocycles. The molecule has 0 fully saturated rings. The van der Waals surface area contributed by atoms with Crippen molar-refractivity contribution in [2.75, 3.05) is 13.6 Å². The minimum atomic E-state index is 0.496. The molecule has 1 atom stereocenters. The topological polar surface area (TPSA) is 8.17 Å². The monoisotopic (exact) mass is 318 g/mol. The molecule has 0 N–H and O–H groups in total. The van der Waals surface area contributed by atoms with Gasteiger partial charge in [0.1, 0.15) is 0 Å². The third-order valence-corrected chi connectivity index (χ3v) is 5.62. The molecule has 24 heavy (non-hydrogen) atoms. The van der Waals surface area contributed by atoms with Crippen molar-refractivity contribution in [1.82, 2.24) is 9.47 Å². The molecule has 1 aliphatic rings. The summed E-state index contributed by atoms with van der Waals surface area (Å²) >= 11 is 0. The molecular formula is C22H26N2. The van der Waals surface area contributed by atoms with E-state index in [1.807, 2.05) is 0 Å². The highest BCUT2D eigenvalue weighted by molar-refractivity contribution is 5.87. The lowest BCUT2D eigenvalue weighted by Crippen LogP contribution is -2.31. The maximum absolute atomic E-state index is 2.58. The van der Waals surface area contributed by atoms with E-state index in [0.29, 0.717) is 6.04 Å². The fourth-order valence-electron chi connectivity index (χ4n) is 4.12. The molecule has 0 unspecified atom stereocenters. The van der Waals surface area contributed by atoms with Crippen molar-refractivity contribution < 1.29 is 0 Å². The fraction of sp³-hybridized carbons (Fsp3) is 0.364. The van der Waals surface area contributed by atoms with E-state index in [1.165, 1.54) is 22.0 Å². The number of rotatable bonds is 3. The summed E-state index contributed by atoms with van der Waals surface area (Å²) in [5.41, 5.74) is 7.28. The Labute approximate surface area is 144 Å². The van der Waals surface area contributed by atoms with Crippen LogP contribution in [-0.4, -0.2) is 23.1 Å². The average molecular weight is 318 g/mol. The van der Waals surface area contributed by atoms with Crippen LogP contribution in [0.3, 0.4) is 0 Å². The fourth-order valence-corrected chi connectivity index (χ4v) is 4.12. The molecule has 2 heterocycles. The zero-order valence-electron chi connectivity index (χ0n) is 14.9. The molecule has 0 amide bonds. The zero-order chi connectivity index (χ0) is 16.7. The third kappa shape index (κ3) is 2.55. The Morgan fingerprint density at radius 1 is 1.08 bits per heavy atom. The number of fused-ring (bicyclic) bond motifs is 3. The largest absolute Gasteiger partial charge is 0.344 e. The second-order valence-corrected chi connectivity index (χ2v) is 7.17. The Morgan fingerprint density at radius 3 is 2.67 bits per heavy atom. The van der Waals surface area contributed by atoms with Gasteiger partial charge in [-0.2, -0.15) is 0 Å². The second kappa shape index (κ2) is 6.10. The molecule has 2 aromatic carbocycles. The Kier molecular flexibility index (Phi) is 3.93. The second-order valence-electron chi connectivity index (χ2n) is 7.17. The molecule has 0 spiro atoms. The summed E-state index contributed by atoms with van der Waals surface area (Å²) in [6.07, 6.45) is 2.24. The summed E-state index contributed by atoms with van der Waals surface area (Å²) in [5.74, 6) is 0. The van der Waals surface area contributed by atoms with Crippen LogP contribution >= 0.6 is 0 Å². The first-order valence-corrected chi connectivity index (χ1v) is 9.01. The third-order valence-electron chi connectivity index (χ3n) is 5.62. The van der Waals surface area contributed by atoms with Gasteiger partial charge in [-0.3, -0.25) is 4.90 Å². The molecule has 0 bridgehead atoms. The van der Waals surface area contributed by atoms with E-state index < -0.39 is 0 Å². The number of hydrogen-bond donors (Lipinski definition) is 0. The van der Waals surface area contributed by atoms with Crippen molar-refractivity contribution in [1.29, 1.82) is 0 Å². The van der Waals surface area contributed by atoms with Crippen LogP contribution in [0.5, 0.6) is 0 Å². The van der Waals surface area contributed by atoms with Gasteiger partial charge in [-0.15, -0.1) is 0 Å². The van der Waals surface area contributed by atoms with Crippen LogP contribution in [0.2, 0.25) is 0 Å². The summed E-state index contributed by atoms with van der Waals surface area (Å²) in [6, 6.07) is 18.3. The van der Waals surface area contributed by atoms with Crippen LogP contribution < -0.4 is 0 Å². The van der Waals surface area contributed by atoms with Crippen LogP contribution in [0.15, 0.2) is 48.5 Å². The van der Waals surface area contributed by atoms with Crippen molar-refractivity contribution in [2.24, 2.45) is 0 Å². The normalized spacial score (nSPS) is 18.0. The number of hydrogen-bond acceptors (Lipinski definition) is 1. The van der Waals surface area contributed by atoms with Crippen LogP contribution in [0.1, 0.15) is 35.3 Å². The highest BCUT2D eigenvalue weighted by Crippen LogP contribution is 2.37. The Bertz CT molecular complexity index is 861. The lowest BCUT2D eigenvalue weighted by atomic mass is 9.97. The van der Waals surface area contributed by atoms with Crippen LogP contribution in [-0.2, 0) is 19.4 Å². The summed E-state index contributed by atoms with van der Waals surface area (Å²) < 4.78 is 2.58. The lowest BCUT2D eigenvalue weighted by Gasteiger charge is -2.31. The number of likely N-dealkylation sites (N-methyl/N-ethyl adjacent to an activating group) is 1. The van der Waals surface area contributed by atoms with Gasteiger partial charge >= 0.3 is 0 Å². The molecule has 4 rings (SSSR count). The van der Waals surface area contributed by atoms with Crippen molar-refractivity contribution >= 4 is 10.9 Å². The minimum absolute atomic E-state index is 0.496. The molecule has 0 saturated carbocycles. The highest BCUT2D eigenvalue weighted by atomic mass is 15.1. The Morgan fingerprint density at radius 2 is 1.88 bits per heavy atom. The summed E-state index contributed by atoms with van der Waals surface area (Å²) in [7, 11) is 2.25. The van der Waals surface area contributed by atoms with Gasteiger partial charge in [-0.25, -0.2) is 0 Å². The molecule has 124 valence electrons. The first kappa shape index (κ1) is 15.5. The number of aromatic nitrogens is 1. The number of nitrogens with zero attached hydrogens (tertiary/aromatic N) is 2. The smallest absolute Gasteiger partial charge is 0.0486 e. The summed E-state index contributed by atoms with van der Waals surface area (Å²) in [5, 5.41) is 1.46. The summed E-state index contributed by atoms with van der Waals surface area (Å²) in [4.78, 5) is 2.48. The van der Waals surface area contributed by atoms with E-state index in [-0.39, 0.29) is 0 Å². The molecule has 1 aliphatic heterocycles. The van der Waals surface area contributed by atoms with Gasteiger partial charge in [0.15, 0.2) is 0 Å². The maximum Gasteiger partial charge on any atom is 0.0486 e.